The van der Waals surface area contributed by atoms with Crippen molar-refractivity contribution in [1.29, 1.82) is 0 Å². The Morgan fingerprint density at radius 2 is 1.10 bits per heavy atom. The molecule has 0 amide bonds. The van der Waals surface area contributed by atoms with Crippen LogP contribution in [-0.4, -0.2) is 70.0 Å². The van der Waals surface area contributed by atoms with Crippen molar-refractivity contribution in [3.63, 3.8) is 0 Å². The molecule has 0 saturated heterocycles. The van der Waals surface area contributed by atoms with E-state index in [0.29, 0.717) is 23.9 Å². The molecular formula is C42H72NO8P. The van der Waals surface area contributed by atoms with Gasteiger partial charge in [0.1, 0.15) is 19.8 Å². The lowest BCUT2D eigenvalue weighted by atomic mass is 10.1. The van der Waals surface area contributed by atoms with Gasteiger partial charge in [0.25, 0.3) is 7.82 Å². The number of phosphoric acid groups is 1. The lowest BCUT2D eigenvalue weighted by molar-refractivity contribution is -0.870. The van der Waals surface area contributed by atoms with E-state index in [1.54, 1.807) is 0 Å². The molecule has 0 radical (unpaired) electrons. The summed E-state index contributed by atoms with van der Waals surface area (Å²) in [4.78, 5) is 37.2. The third kappa shape index (κ3) is 37.2. The molecule has 0 aliphatic heterocycles. The van der Waals surface area contributed by atoms with E-state index in [9.17, 15) is 19.0 Å². The highest BCUT2D eigenvalue weighted by Crippen LogP contribution is 2.38. The second kappa shape index (κ2) is 34.2. The predicted octanol–water partition coefficient (Wildman–Crippen LogP) is 10.0. The van der Waals surface area contributed by atoms with Gasteiger partial charge in [-0.05, 0) is 51.4 Å². The molecule has 0 fully saturated rings. The standard InChI is InChI=1S/C42H72NO8P/c1-6-8-10-12-14-16-17-18-19-20-21-22-23-24-25-27-28-30-32-34-41(44)48-38-40(39-50-52(46,47)49-37-36-43(3,4)5)51-42(45)35-33-31-29-26-15-13-11-9-7-2/h8,10,14,16,18-19,21-22,24-25,28,30,40H,6-7,9,11-13,15,17,20,23,26-27,29,31-39H2,1-5H3/b10-8+,16-14+,19-18+,22-21+,25-24+,30-28+/t40-/m0/s1. The minimum absolute atomic E-state index is 0.0447. The maximum Gasteiger partial charge on any atom is 0.306 e. The molecule has 298 valence electrons. The molecule has 52 heavy (non-hydrogen) atoms. The Morgan fingerprint density at radius 1 is 0.615 bits per heavy atom. The van der Waals surface area contributed by atoms with Gasteiger partial charge in [-0.25, -0.2) is 0 Å². The number of esters is 2. The first-order valence-electron chi connectivity index (χ1n) is 19.6. The first kappa shape index (κ1) is 49.5. The predicted molar refractivity (Wildman–Crippen MR) is 213 cm³/mol. The van der Waals surface area contributed by atoms with Crippen LogP contribution in [0.4, 0.5) is 0 Å². The minimum atomic E-state index is -4.63. The average molecular weight is 750 g/mol. The second-order valence-electron chi connectivity index (χ2n) is 13.9. The molecule has 0 aromatic heterocycles. The number of carbonyl (C=O) groups is 2. The molecule has 0 aromatic carbocycles. The molecule has 0 saturated carbocycles. The van der Waals surface area contributed by atoms with Crippen LogP contribution in [0.1, 0.15) is 129 Å². The van der Waals surface area contributed by atoms with Gasteiger partial charge in [-0.3, -0.25) is 14.2 Å². The van der Waals surface area contributed by atoms with E-state index >= 15 is 0 Å². The maximum absolute atomic E-state index is 12.5. The van der Waals surface area contributed by atoms with Crippen LogP contribution in [0.25, 0.3) is 0 Å². The van der Waals surface area contributed by atoms with Crippen LogP contribution in [0.5, 0.6) is 0 Å². The average Bonchev–Trinajstić information content (AvgIpc) is 3.09. The summed E-state index contributed by atoms with van der Waals surface area (Å²) in [6, 6.07) is 0. The molecular weight excluding hydrogens is 677 g/mol. The summed E-state index contributed by atoms with van der Waals surface area (Å²) in [7, 11) is 1.11. The first-order chi connectivity index (χ1) is 25.0. The van der Waals surface area contributed by atoms with Gasteiger partial charge < -0.3 is 27.9 Å². The lowest BCUT2D eigenvalue weighted by Crippen LogP contribution is -2.37. The summed E-state index contributed by atoms with van der Waals surface area (Å²) >= 11 is 0. The lowest BCUT2D eigenvalue weighted by Gasteiger charge is -2.28. The van der Waals surface area contributed by atoms with E-state index in [1.165, 1.54) is 32.1 Å². The highest BCUT2D eigenvalue weighted by molar-refractivity contribution is 7.45. The summed E-state index contributed by atoms with van der Waals surface area (Å²) in [5.41, 5.74) is 0. The van der Waals surface area contributed by atoms with Gasteiger partial charge in [-0.2, -0.15) is 0 Å². The van der Waals surface area contributed by atoms with E-state index in [4.69, 9.17) is 18.5 Å². The summed E-state index contributed by atoms with van der Waals surface area (Å²) < 4.78 is 33.6. The fourth-order valence-corrected chi connectivity index (χ4v) is 5.41. The van der Waals surface area contributed by atoms with Gasteiger partial charge in [-0.1, -0.05) is 138 Å². The fraction of sp³-hybridized carbons (Fsp3) is 0.667. The third-order valence-electron chi connectivity index (χ3n) is 7.75. The molecule has 0 aromatic rings. The number of carbonyl (C=O) groups excluding carboxylic acids is 2. The molecule has 0 aliphatic rings. The monoisotopic (exact) mass is 749 g/mol. The molecule has 9 nitrogen and oxygen atoms in total. The number of quaternary nitrogens is 1. The van der Waals surface area contributed by atoms with Crippen molar-refractivity contribution < 1.29 is 42.1 Å². The zero-order valence-corrected chi connectivity index (χ0v) is 34.1. The van der Waals surface area contributed by atoms with E-state index in [2.05, 4.69) is 74.6 Å². The van der Waals surface area contributed by atoms with Gasteiger partial charge in [-0.15, -0.1) is 0 Å². The van der Waals surface area contributed by atoms with Crippen molar-refractivity contribution >= 4 is 19.8 Å². The van der Waals surface area contributed by atoms with Crippen molar-refractivity contribution in [3.05, 3.63) is 72.9 Å². The van der Waals surface area contributed by atoms with Crippen LogP contribution in [0, 0.1) is 0 Å². The first-order valence-corrected chi connectivity index (χ1v) is 21.1. The number of ether oxygens (including phenoxy) is 2. The Kier molecular flexibility index (Phi) is 32.6. The molecule has 0 spiro atoms. The van der Waals surface area contributed by atoms with E-state index in [1.807, 2.05) is 33.3 Å². The zero-order chi connectivity index (χ0) is 38.6. The number of hydrogen-bond acceptors (Lipinski definition) is 8. The Morgan fingerprint density at radius 3 is 1.60 bits per heavy atom. The molecule has 0 bridgehead atoms. The second-order valence-corrected chi connectivity index (χ2v) is 15.3. The fourth-order valence-electron chi connectivity index (χ4n) is 4.68. The Labute approximate surface area is 317 Å². The van der Waals surface area contributed by atoms with Gasteiger partial charge in [0, 0.05) is 12.8 Å². The number of allylic oxidation sites excluding steroid dienone is 12. The summed E-state index contributed by atoms with van der Waals surface area (Å²) in [6.07, 6.45) is 41.0. The van der Waals surface area contributed by atoms with Crippen LogP contribution in [-0.2, 0) is 32.7 Å². The van der Waals surface area contributed by atoms with Crippen molar-refractivity contribution in [1.82, 2.24) is 0 Å². The topological polar surface area (TPSA) is 111 Å². The molecule has 0 N–H and O–H groups in total. The molecule has 2 atom stereocenters. The number of phosphoric ester groups is 1. The molecule has 1 unspecified atom stereocenters. The molecule has 0 aliphatic carbocycles. The van der Waals surface area contributed by atoms with Crippen LogP contribution in [0.2, 0.25) is 0 Å². The molecule has 10 heteroatoms. The number of hydrogen-bond donors (Lipinski definition) is 0. The van der Waals surface area contributed by atoms with Crippen molar-refractivity contribution in [2.45, 2.75) is 136 Å². The number of likely N-dealkylation sites (N-methyl/N-ethyl adjacent to an activating group) is 1. The van der Waals surface area contributed by atoms with Crippen molar-refractivity contribution in [2.24, 2.45) is 0 Å². The largest absolute Gasteiger partial charge is 0.756 e. The van der Waals surface area contributed by atoms with Gasteiger partial charge in [0.05, 0.1) is 27.7 Å². The summed E-state index contributed by atoms with van der Waals surface area (Å²) in [5.74, 6) is -0.943. The zero-order valence-electron chi connectivity index (χ0n) is 33.2. The van der Waals surface area contributed by atoms with Crippen LogP contribution >= 0.6 is 7.82 Å². The number of nitrogens with zero attached hydrogens (tertiary/aromatic N) is 1. The highest BCUT2D eigenvalue weighted by Gasteiger charge is 2.21. The van der Waals surface area contributed by atoms with Crippen molar-refractivity contribution in [2.75, 3.05) is 47.5 Å². The number of rotatable bonds is 34. The minimum Gasteiger partial charge on any atom is -0.756 e. The molecule has 0 rings (SSSR count). The Bertz CT molecular complexity index is 1120. The maximum atomic E-state index is 12.5. The van der Waals surface area contributed by atoms with Gasteiger partial charge >= 0.3 is 11.9 Å². The van der Waals surface area contributed by atoms with Gasteiger partial charge in [0.15, 0.2) is 6.10 Å². The highest BCUT2D eigenvalue weighted by atomic mass is 31.2. The van der Waals surface area contributed by atoms with Gasteiger partial charge in [0.2, 0.25) is 0 Å². The summed E-state index contributed by atoms with van der Waals surface area (Å²) in [6.45, 7) is 3.97. The van der Waals surface area contributed by atoms with Crippen LogP contribution in [0.3, 0.4) is 0 Å². The normalized spacial score (nSPS) is 14.5. The SMILES string of the molecule is CC/C=C/C/C=C/C/C=C/C/C=C/C/C=C/C/C=C/CCC(=O)OC[C@@H](COP(=O)([O-])OCC[N+](C)(C)C)OC(=O)CCCCCCCCCCC. The quantitative estimate of drug-likeness (QED) is 0.0210. The van der Waals surface area contributed by atoms with Crippen molar-refractivity contribution in [3.8, 4) is 0 Å². The smallest absolute Gasteiger partial charge is 0.306 e. The van der Waals surface area contributed by atoms with Crippen LogP contribution < -0.4 is 4.89 Å². The van der Waals surface area contributed by atoms with Crippen LogP contribution in [0.15, 0.2) is 72.9 Å². The van der Waals surface area contributed by atoms with E-state index in [0.717, 1.165) is 57.8 Å². The summed E-state index contributed by atoms with van der Waals surface area (Å²) in [5, 5.41) is 0. The number of unbranched alkanes of at least 4 members (excludes halogenated alkanes) is 8. The van der Waals surface area contributed by atoms with E-state index < -0.39 is 32.5 Å². The Hall–Kier alpha value is -2.55. The molecule has 0 heterocycles. The van der Waals surface area contributed by atoms with E-state index in [-0.39, 0.29) is 26.1 Å². The third-order valence-corrected chi connectivity index (χ3v) is 8.72. The Balaban J connectivity index is 4.51.